The van der Waals surface area contributed by atoms with Gasteiger partial charge in [0.1, 0.15) is 10.3 Å². The van der Waals surface area contributed by atoms with E-state index in [0.29, 0.717) is 5.13 Å². The second-order valence-corrected chi connectivity index (χ2v) is 4.90. The Kier molecular flexibility index (Phi) is 2.30. The van der Waals surface area contributed by atoms with Crippen LogP contribution in [0.25, 0.3) is 21.6 Å². The summed E-state index contributed by atoms with van der Waals surface area (Å²) >= 11 is 1.42. The van der Waals surface area contributed by atoms with Crippen LogP contribution in [-0.4, -0.2) is 9.97 Å². The third-order valence-corrected chi connectivity index (χ3v) is 3.49. The van der Waals surface area contributed by atoms with Crippen LogP contribution in [0.4, 0.5) is 5.13 Å². The third-order valence-electron chi connectivity index (χ3n) is 2.69. The average molecular weight is 241 g/mol. The number of hydrogen-bond donors (Lipinski definition) is 1. The highest BCUT2D eigenvalue weighted by molar-refractivity contribution is 7.21. The summed E-state index contributed by atoms with van der Waals surface area (Å²) in [5, 5.41) is 0.564. The number of nitrogens with two attached hydrogens (primary N) is 1. The van der Waals surface area contributed by atoms with Crippen LogP contribution in [0.2, 0.25) is 0 Å². The number of hydrogen-bond acceptors (Lipinski definition) is 4. The SMILES string of the molecule is Cc1ccccc1-c1ccc2nc(N)sc2n1. The van der Waals surface area contributed by atoms with Crippen molar-refractivity contribution >= 4 is 26.8 Å². The molecule has 17 heavy (non-hydrogen) atoms. The van der Waals surface area contributed by atoms with Gasteiger partial charge in [0.05, 0.1) is 5.69 Å². The minimum Gasteiger partial charge on any atom is -0.375 e. The lowest BCUT2D eigenvalue weighted by atomic mass is 10.1. The minimum atomic E-state index is 0.564. The summed E-state index contributed by atoms with van der Waals surface area (Å²) in [5.41, 5.74) is 9.89. The van der Waals surface area contributed by atoms with Crippen LogP contribution in [0, 0.1) is 6.92 Å². The van der Waals surface area contributed by atoms with Crippen molar-refractivity contribution in [2.75, 3.05) is 5.73 Å². The number of pyridine rings is 1. The molecule has 3 rings (SSSR count). The summed E-state index contributed by atoms with van der Waals surface area (Å²) < 4.78 is 0. The predicted octanol–water partition coefficient (Wildman–Crippen LogP) is 3.25. The fraction of sp³-hybridized carbons (Fsp3) is 0.0769. The highest BCUT2D eigenvalue weighted by atomic mass is 32.1. The van der Waals surface area contributed by atoms with Crippen LogP contribution in [0.15, 0.2) is 36.4 Å². The van der Waals surface area contributed by atoms with E-state index in [-0.39, 0.29) is 0 Å². The van der Waals surface area contributed by atoms with Gasteiger partial charge in [-0.1, -0.05) is 35.6 Å². The lowest BCUT2D eigenvalue weighted by molar-refractivity contribution is 1.36. The summed E-state index contributed by atoms with van der Waals surface area (Å²) in [6.45, 7) is 2.09. The summed E-state index contributed by atoms with van der Waals surface area (Å²) in [4.78, 5) is 9.70. The van der Waals surface area contributed by atoms with Crippen molar-refractivity contribution < 1.29 is 0 Å². The molecule has 0 unspecified atom stereocenters. The Labute approximate surface area is 103 Å². The molecule has 3 aromatic rings. The van der Waals surface area contributed by atoms with Gasteiger partial charge in [-0.05, 0) is 24.6 Å². The van der Waals surface area contributed by atoms with E-state index in [1.165, 1.54) is 16.9 Å². The molecule has 2 N–H and O–H groups in total. The molecule has 2 aromatic heterocycles. The fourth-order valence-corrected chi connectivity index (χ4v) is 2.55. The van der Waals surface area contributed by atoms with Gasteiger partial charge in [0, 0.05) is 5.56 Å². The first kappa shape index (κ1) is 10.2. The van der Waals surface area contributed by atoms with Gasteiger partial charge in [-0.15, -0.1) is 0 Å². The zero-order valence-electron chi connectivity index (χ0n) is 9.34. The maximum Gasteiger partial charge on any atom is 0.182 e. The Morgan fingerprint density at radius 3 is 2.71 bits per heavy atom. The first-order valence-corrected chi connectivity index (χ1v) is 6.15. The summed E-state index contributed by atoms with van der Waals surface area (Å²) in [7, 11) is 0. The Morgan fingerprint density at radius 1 is 1.06 bits per heavy atom. The zero-order chi connectivity index (χ0) is 11.8. The Hall–Kier alpha value is -1.94. The van der Waals surface area contributed by atoms with E-state index in [9.17, 15) is 0 Å². The van der Waals surface area contributed by atoms with Crippen molar-refractivity contribution in [3.63, 3.8) is 0 Å². The van der Waals surface area contributed by atoms with Crippen molar-refractivity contribution in [1.82, 2.24) is 9.97 Å². The molecule has 4 heteroatoms. The summed E-state index contributed by atoms with van der Waals surface area (Å²) in [5.74, 6) is 0. The Balaban J connectivity index is 2.21. The number of benzene rings is 1. The van der Waals surface area contributed by atoms with Crippen molar-refractivity contribution in [1.29, 1.82) is 0 Å². The van der Waals surface area contributed by atoms with Crippen LogP contribution < -0.4 is 5.73 Å². The van der Waals surface area contributed by atoms with E-state index in [1.54, 1.807) is 0 Å². The van der Waals surface area contributed by atoms with Gasteiger partial charge in [-0.3, -0.25) is 0 Å². The summed E-state index contributed by atoms with van der Waals surface area (Å²) in [6, 6.07) is 12.2. The smallest absolute Gasteiger partial charge is 0.182 e. The molecule has 0 spiro atoms. The molecule has 1 aromatic carbocycles. The molecule has 0 saturated heterocycles. The van der Waals surface area contributed by atoms with Crippen LogP contribution in [0.5, 0.6) is 0 Å². The topological polar surface area (TPSA) is 51.8 Å². The molecule has 0 atom stereocenters. The van der Waals surface area contributed by atoms with Crippen molar-refractivity contribution in [3.8, 4) is 11.3 Å². The van der Waals surface area contributed by atoms with Gasteiger partial charge in [0.2, 0.25) is 0 Å². The standard InChI is InChI=1S/C13H11N3S/c1-8-4-2-3-5-9(8)10-6-7-11-12(15-10)17-13(14)16-11/h2-7H,1H3,(H2,14,16). The van der Waals surface area contributed by atoms with Crippen LogP contribution in [-0.2, 0) is 0 Å². The number of anilines is 1. The van der Waals surface area contributed by atoms with E-state index < -0.39 is 0 Å². The molecule has 3 nitrogen and oxygen atoms in total. The molecule has 0 fully saturated rings. The molecule has 0 saturated carbocycles. The Bertz CT molecular complexity index is 688. The van der Waals surface area contributed by atoms with Gasteiger partial charge in [0.25, 0.3) is 0 Å². The fourth-order valence-electron chi connectivity index (χ4n) is 1.84. The second-order valence-electron chi connectivity index (χ2n) is 3.89. The highest BCUT2D eigenvalue weighted by Gasteiger charge is 2.06. The lowest BCUT2D eigenvalue weighted by Crippen LogP contribution is -1.86. The van der Waals surface area contributed by atoms with Crippen molar-refractivity contribution in [2.45, 2.75) is 6.92 Å². The molecular weight excluding hydrogens is 230 g/mol. The molecule has 0 radical (unpaired) electrons. The Morgan fingerprint density at radius 2 is 1.88 bits per heavy atom. The van der Waals surface area contributed by atoms with Crippen LogP contribution in [0.1, 0.15) is 5.56 Å². The molecule has 2 heterocycles. The lowest BCUT2D eigenvalue weighted by Gasteiger charge is -2.03. The van der Waals surface area contributed by atoms with E-state index in [0.717, 1.165) is 21.6 Å². The second kappa shape index (κ2) is 3.82. The van der Waals surface area contributed by atoms with Gasteiger partial charge < -0.3 is 5.73 Å². The van der Waals surface area contributed by atoms with Gasteiger partial charge in [-0.2, -0.15) is 0 Å². The van der Waals surface area contributed by atoms with Crippen LogP contribution >= 0.6 is 11.3 Å². The van der Waals surface area contributed by atoms with Gasteiger partial charge >= 0.3 is 0 Å². The first-order chi connectivity index (χ1) is 8.24. The number of rotatable bonds is 1. The van der Waals surface area contributed by atoms with Crippen LogP contribution in [0.3, 0.4) is 0 Å². The van der Waals surface area contributed by atoms with E-state index in [2.05, 4.69) is 29.0 Å². The van der Waals surface area contributed by atoms with Crippen molar-refractivity contribution in [2.24, 2.45) is 0 Å². The largest absolute Gasteiger partial charge is 0.375 e. The quantitative estimate of drug-likeness (QED) is 0.711. The molecule has 0 bridgehead atoms. The van der Waals surface area contributed by atoms with Gasteiger partial charge in [-0.25, -0.2) is 9.97 Å². The van der Waals surface area contributed by atoms with Gasteiger partial charge in [0.15, 0.2) is 5.13 Å². The maximum absolute atomic E-state index is 5.68. The number of nitrogens with zero attached hydrogens (tertiary/aromatic N) is 2. The van der Waals surface area contributed by atoms with Crippen molar-refractivity contribution in [3.05, 3.63) is 42.0 Å². The van der Waals surface area contributed by atoms with E-state index in [4.69, 9.17) is 5.73 Å². The number of nitrogen functional groups attached to an aromatic ring is 1. The number of fused-ring (bicyclic) bond motifs is 1. The molecule has 0 aliphatic rings. The number of aromatic nitrogens is 2. The molecule has 0 aliphatic carbocycles. The van der Waals surface area contributed by atoms with E-state index in [1.807, 2.05) is 24.3 Å². The zero-order valence-corrected chi connectivity index (χ0v) is 10.2. The normalized spacial score (nSPS) is 10.9. The number of aryl methyl sites for hydroxylation is 1. The first-order valence-electron chi connectivity index (χ1n) is 5.33. The number of thiazole rings is 1. The minimum absolute atomic E-state index is 0.564. The predicted molar refractivity (Wildman–Crippen MR) is 72.0 cm³/mol. The molecule has 0 amide bonds. The van der Waals surface area contributed by atoms with E-state index >= 15 is 0 Å². The highest BCUT2D eigenvalue weighted by Crippen LogP contribution is 2.27. The third kappa shape index (κ3) is 1.76. The molecular formula is C13H11N3S. The monoisotopic (exact) mass is 241 g/mol. The maximum atomic E-state index is 5.68. The molecule has 84 valence electrons. The summed E-state index contributed by atoms with van der Waals surface area (Å²) in [6.07, 6.45) is 0. The molecule has 0 aliphatic heterocycles. The average Bonchev–Trinajstić information content (AvgIpc) is 2.68.